The van der Waals surface area contributed by atoms with E-state index in [1.807, 2.05) is 62.4 Å². The summed E-state index contributed by atoms with van der Waals surface area (Å²) in [4.78, 5) is 35.2. The average molecular weight is 459 g/mol. The molecule has 166 valence electrons. The molecule has 1 amide bonds. The minimum absolute atomic E-state index is 0.221. The van der Waals surface area contributed by atoms with Crippen LogP contribution in [0.4, 0.5) is 5.69 Å². The summed E-state index contributed by atoms with van der Waals surface area (Å²) in [7, 11) is 0. The Morgan fingerprint density at radius 2 is 1.97 bits per heavy atom. The normalized spacial score (nSPS) is 16.0. The number of anilines is 1. The molecule has 7 nitrogen and oxygen atoms in total. The van der Waals surface area contributed by atoms with Gasteiger partial charge in [0.15, 0.2) is 4.80 Å². The summed E-state index contributed by atoms with van der Waals surface area (Å²) in [5, 5.41) is 2.99. The molecule has 1 aromatic carbocycles. The number of hydrogen-bond acceptors (Lipinski definition) is 5. The maximum atomic E-state index is 13.5. The second-order valence-corrected chi connectivity index (χ2v) is 8.93. The average Bonchev–Trinajstić information content (AvgIpc) is 3.51. The molecule has 1 atom stereocenters. The molecule has 0 bridgehead atoms. The molecular formula is C25H22N4O3S. The molecule has 0 saturated carbocycles. The number of para-hydroxylation sites is 1. The van der Waals surface area contributed by atoms with Gasteiger partial charge in [0.2, 0.25) is 0 Å². The molecule has 3 aromatic heterocycles. The van der Waals surface area contributed by atoms with Crippen molar-refractivity contribution >= 4 is 29.0 Å². The van der Waals surface area contributed by atoms with Crippen LogP contribution in [0.2, 0.25) is 0 Å². The number of hydrogen-bond donors (Lipinski definition) is 2. The fourth-order valence-electron chi connectivity index (χ4n) is 3.96. The minimum atomic E-state index is -0.718. The van der Waals surface area contributed by atoms with Gasteiger partial charge in [-0.1, -0.05) is 29.5 Å². The van der Waals surface area contributed by atoms with Crippen LogP contribution in [-0.4, -0.2) is 15.5 Å². The van der Waals surface area contributed by atoms with Crippen molar-refractivity contribution in [1.29, 1.82) is 0 Å². The van der Waals surface area contributed by atoms with Gasteiger partial charge in [-0.3, -0.25) is 14.2 Å². The van der Waals surface area contributed by atoms with E-state index in [0.29, 0.717) is 37.8 Å². The maximum absolute atomic E-state index is 13.5. The number of carbonyl (C=O) groups excluding carboxylic acids is 1. The van der Waals surface area contributed by atoms with Crippen LogP contribution in [0.3, 0.4) is 0 Å². The summed E-state index contributed by atoms with van der Waals surface area (Å²) in [6, 6.07) is 14.2. The predicted octanol–water partition coefficient (Wildman–Crippen LogP) is 3.41. The molecule has 1 aliphatic heterocycles. The van der Waals surface area contributed by atoms with E-state index in [2.05, 4.69) is 15.3 Å². The first-order valence-electron chi connectivity index (χ1n) is 10.5. The van der Waals surface area contributed by atoms with Crippen LogP contribution in [0.15, 0.2) is 80.2 Å². The molecule has 5 rings (SSSR count). The van der Waals surface area contributed by atoms with Gasteiger partial charge in [-0.05, 0) is 62.7 Å². The molecule has 0 aliphatic carbocycles. The van der Waals surface area contributed by atoms with E-state index < -0.39 is 6.04 Å². The van der Waals surface area contributed by atoms with Crippen molar-refractivity contribution in [2.75, 3.05) is 5.32 Å². The summed E-state index contributed by atoms with van der Waals surface area (Å²) in [5.41, 5.74) is 3.18. The molecule has 1 aliphatic rings. The Morgan fingerprint density at radius 1 is 1.15 bits per heavy atom. The highest BCUT2D eigenvalue weighted by Crippen LogP contribution is 2.32. The quantitative estimate of drug-likeness (QED) is 0.491. The van der Waals surface area contributed by atoms with Crippen LogP contribution in [0, 0.1) is 13.8 Å². The minimum Gasteiger partial charge on any atom is -0.464 e. The number of aromatic nitrogens is 2. The molecule has 4 aromatic rings. The van der Waals surface area contributed by atoms with Crippen LogP contribution in [0.1, 0.15) is 35.7 Å². The van der Waals surface area contributed by atoms with Crippen molar-refractivity contribution in [2.24, 2.45) is 4.99 Å². The number of H-pyrrole nitrogens is 1. The number of furan rings is 1. The SMILES string of the molecule is CC1=C(C(=O)Nc2ccccc2C)C(c2ccc(C)o2)n2c(sc(=Cc3ccc[nH]3)c2=O)=N1. The van der Waals surface area contributed by atoms with E-state index >= 15 is 0 Å². The molecule has 8 heteroatoms. The molecule has 33 heavy (non-hydrogen) atoms. The smallest absolute Gasteiger partial charge is 0.271 e. The number of amides is 1. The second kappa shape index (κ2) is 8.22. The lowest BCUT2D eigenvalue weighted by atomic mass is 10.00. The first-order valence-corrected chi connectivity index (χ1v) is 11.3. The number of nitrogens with one attached hydrogen (secondary N) is 2. The predicted molar refractivity (Wildman–Crippen MR) is 128 cm³/mol. The van der Waals surface area contributed by atoms with Crippen molar-refractivity contribution in [1.82, 2.24) is 9.55 Å². The standard InChI is InChI=1S/C25H22N4O3S/c1-14-7-4-5-9-18(14)28-23(30)21-16(3)27-25-29(22(21)19-11-10-15(2)32-19)24(31)20(33-25)13-17-8-6-12-26-17/h4-13,22,26H,1-3H3,(H,28,30). The van der Waals surface area contributed by atoms with Crippen molar-refractivity contribution in [3.05, 3.63) is 108 Å². The van der Waals surface area contributed by atoms with Gasteiger partial charge in [0.1, 0.15) is 17.6 Å². The lowest BCUT2D eigenvalue weighted by Gasteiger charge is -2.23. The number of thiazole rings is 1. The van der Waals surface area contributed by atoms with Crippen LogP contribution >= 0.6 is 11.3 Å². The van der Waals surface area contributed by atoms with E-state index in [0.717, 1.165) is 11.3 Å². The first-order chi connectivity index (χ1) is 15.9. The summed E-state index contributed by atoms with van der Waals surface area (Å²) in [5.74, 6) is 0.902. The number of nitrogens with zero attached hydrogens (tertiary/aromatic N) is 2. The summed E-state index contributed by atoms with van der Waals surface area (Å²) in [6.45, 7) is 5.55. The number of allylic oxidation sites excluding steroid dienone is 1. The monoisotopic (exact) mass is 458 g/mol. The Morgan fingerprint density at radius 3 is 2.67 bits per heavy atom. The van der Waals surface area contributed by atoms with Gasteiger partial charge in [0.25, 0.3) is 11.5 Å². The number of fused-ring (bicyclic) bond motifs is 1. The highest BCUT2D eigenvalue weighted by atomic mass is 32.1. The highest BCUT2D eigenvalue weighted by Gasteiger charge is 2.34. The van der Waals surface area contributed by atoms with Crippen LogP contribution < -0.4 is 20.2 Å². The van der Waals surface area contributed by atoms with Crippen LogP contribution in [0.5, 0.6) is 0 Å². The molecule has 0 radical (unpaired) electrons. The molecule has 0 spiro atoms. The number of rotatable bonds is 4. The molecule has 2 N–H and O–H groups in total. The van der Waals surface area contributed by atoms with Gasteiger partial charge < -0.3 is 14.7 Å². The molecular weight excluding hydrogens is 436 g/mol. The molecule has 4 heterocycles. The number of benzene rings is 1. The zero-order valence-corrected chi connectivity index (χ0v) is 19.2. The maximum Gasteiger partial charge on any atom is 0.271 e. The van der Waals surface area contributed by atoms with Gasteiger partial charge in [0.05, 0.1) is 15.8 Å². The van der Waals surface area contributed by atoms with E-state index in [4.69, 9.17) is 4.42 Å². The van der Waals surface area contributed by atoms with Crippen molar-refractivity contribution < 1.29 is 9.21 Å². The van der Waals surface area contributed by atoms with Crippen molar-refractivity contribution in [3.63, 3.8) is 0 Å². The summed E-state index contributed by atoms with van der Waals surface area (Å²) in [6.07, 6.45) is 3.59. The largest absolute Gasteiger partial charge is 0.464 e. The Balaban J connectivity index is 1.67. The Kier molecular flexibility index (Phi) is 5.22. The van der Waals surface area contributed by atoms with E-state index in [1.165, 1.54) is 11.3 Å². The molecule has 0 fully saturated rings. The first kappa shape index (κ1) is 21.0. The van der Waals surface area contributed by atoms with Crippen LogP contribution in [-0.2, 0) is 4.79 Å². The number of carbonyl (C=O) groups is 1. The second-order valence-electron chi connectivity index (χ2n) is 7.92. The van der Waals surface area contributed by atoms with E-state index in [1.54, 1.807) is 23.8 Å². The Bertz CT molecular complexity index is 1570. The molecule has 1 unspecified atom stereocenters. The Labute approximate surface area is 193 Å². The van der Waals surface area contributed by atoms with Gasteiger partial charge in [-0.25, -0.2) is 4.99 Å². The zero-order valence-electron chi connectivity index (χ0n) is 18.4. The highest BCUT2D eigenvalue weighted by molar-refractivity contribution is 7.07. The third kappa shape index (κ3) is 3.78. The van der Waals surface area contributed by atoms with Crippen molar-refractivity contribution in [2.45, 2.75) is 26.8 Å². The fourth-order valence-corrected chi connectivity index (χ4v) is 5.00. The van der Waals surface area contributed by atoms with Crippen LogP contribution in [0.25, 0.3) is 6.08 Å². The lowest BCUT2D eigenvalue weighted by Crippen LogP contribution is -2.40. The Hall–Kier alpha value is -3.91. The van der Waals surface area contributed by atoms with Crippen molar-refractivity contribution in [3.8, 4) is 0 Å². The molecule has 0 saturated heterocycles. The number of aryl methyl sites for hydroxylation is 2. The fraction of sp³-hybridized carbons (Fsp3) is 0.160. The zero-order chi connectivity index (χ0) is 23.1. The topological polar surface area (TPSA) is 92.4 Å². The van der Waals surface area contributed by atoms with Gasteiger partial charge >= 0.3 is 0 Å². The number of aromatic amines is 1. The third-order valence-electron chi connectivity index (χ3n) is 5.60. The van der Waals surface area contributed by atoms with Gasteiger partial charge in [-0.15, -0.1) is 0 Å². The van der Waals surface area contributed by atoms with Gasteiger partial charge in [0, 0.05) is 17.6 Å². The lowest BCUT2D eigenvalue weighted by molar-refractivity contribution is -0.113. The summed E-state index contributed by atoms with van der Waals surface area (Å²) >= 11 is 1.29. The third-order valence-corrected chi connectivity index (χ3v) is 6.58. The van der Waals surface area contributed by atoms with Gasteiger partial charge in [-0.2, -0.15) is 0 Å². The summed E-state index contributed by atoms with van der Waals surface area (Å²) < 4.78 is 8.00. The van der Waals surface area contributed by atoms with E-state index in [9.17, 15) is 9.59 Å². The van der Waals surface area contributed by atoms with E-state index in [-0.39, 0.29) is 11.5 Å².